The number of carbonyl (C=O) groups excluding carboxylic acids is 1. The Morgan fingerprint density at radius 1 is 0.955 bits per heavy atom. The predicted octanol–water partition coefficient (Wildman–Crippen LogP) is 2.80. The molecule has 2 aromatic rings. The standard InChI is InChI=1S/C18H20N2O2/c21-18-19-11-17(22-18)14-20(12-15-7-3-1-4-8-15)13-16-9-5-2-6-10-16/h1-10,17H,11-14H2,(H,19,21)/t17-/m1/s1. The fraction of sp³-hybridized carbons (Fsp3) is 0.278. The van der Waals surface area contributed by atoms with Crippen molar-refractivity contribution in [3.05, 3.63) is 71.8 Å². The van der Waals surface area contributed by atoms with E-state index in [4.69, 9.17) is 4.74 Å². The number of benzene rings is 2. The Kier molecular flexibility index (Phi) is 4.71. The van der Waals surface area contributed by atoms with Crippen LogP contribution in [0.15, 0.2) is 60.7 Å². The highest BCUT2D eigenvalue weighted by Gasteiger charge is 2.24. The summed E-state index contributed by atoms with van der Waals surface area (Å²) in [6.07, 6.45) is -0.399. The molecular formula is C18H20N2O2. The molecule has 4 nitrogen and oxygen atoms in total. The normalized spacial score (nSPS) is 17.3. The molecule has 114 valence electrons. The van der Waals surface area contributed by atoms with Gasteiger partial charge in [-0.1, -0.05) is 60.7 Å². The monoisotopic (exact) mass is 296 g/mol. The Balaban J connectivity index is 1.68. The number of cyclic esters (lactones) is 1. The SMILES string of the molecule is O=C1NC[C@H](CN(Cc2ccccc2)Cc2ccccc2)O1. The van der Waals surface area contributed by atoms with Crippen molar-refractivity contribution in [2.75, 3.05) is 13.1 Å². The fourth-order valence-electron chi connectivity index (χ4n) is 2.69. The van der Waals surface area contributed by atoms with Gasteiger partial charge in [0.2, 0.25) is 0 Å². The summed E-state index contributed by atoms with van der Waals surface area (Å²) in [5, 5.41) is 2.71. The first kappa shape index (κ1) is 14.6. The van der Waals surface area contributed by atoms with Crippen molar-refractivity contribution in [2.24, 2.45) is 0 Å². The zero-order chi connectivity index (χ0) is 15.2. The van der Waals surface area contributed by atoms with Gasteiger partial charge in [0.25, 0.3) is 0 Å². The van der Waals surface area contributed by atoms with Crippen molar-refractivity contribution in [3.63, 3.8) is 0 Å². The van der Waals surface area contributed by atoms with Gasteiger partial charge in [0, 0.05) is 19.6 Å². The van der Waals surface area contributed by atoms with Crippen LogP contribution >= 0.6 is 0 Å². The highest BCUT2D eigenvalue weighted by atomic mass is 16.6. The molecule has 4 heteroatoms. The predicted molar refractivity (Wildman–Crippen MR) is 85.3 cm³/mol. The second-order valence-electron chi connectivity index (χ2n) is 5.55. The maximum absolute atomic E-state index is 11.2. The molecule has 1 atom stereocenters. The Morgan fingerprint density at radius 2 is 1.50 bits per heavy atom. The molecule has 0 spiro atoms. The minimum Gasteiger partial charge on any atom is -0.443 e. The summed E-state index contributed by atoms with van der Waals surface area (Å²) < 4.78 is 5.28. The molecule has 1 aliphatic heterocycles. The van der Waals surface area contributed by atoms with Gasteiger partial charge >= 0.3 is 6.09 Å². The van der Waals surface area contributed by atoms with E-state index in [1.165, 1.54) is 11.1 Å². The third-order valence-electron chi connectivity index (χ3n) is 3.71. The molecule has 0 radical (unpaired) electrons. The summed E-state index contributed by atoms with van der Waals surface area (Å²) in [6, 6.07) is 20.7. The molecule has 1 amide bonds. The number of alkyl carbamates (subject to hydrolysis) is 1. The summed E-state index contributed by atoms with van der Waals surface area (Å²) in [6.45, 7) is 2.98. The summed E-state index contributed by atoms with van der Waals surface area (Å²) in [5.41, 5.74) is 2.52. The van der Waals surface area contributed by atoms with Crippen LogP contribution in [0.5, 0.6) is 0 Å². The number of carbonyl (C=O) groups is 1. The van der Waals surface area contributed by atoms with Crippen molar-refractivity contribution >= 4 is 6.09 Å². The molecule has 0 bridgehead atoms. The van der Waals surface area contributed by atoms with Crippen LogP contribution in [0.3, 0.4) is 0 Å². The molecule has 0 unspecified atom stereocenters. The molecule has 3 rings (SSSR count). The summed E-state index contributed by atoms with van der Waals surface area (Å²) in [7, 11) is 0. The van der Waals surface area contributed by atoms with Gasteiger partial charge in [-0.25, -0.2) is 4.79 Å². The topological polar surface area (TPSA) is 41.6 Å². The third kappa shape index (κ3) is 4.09. The first-order valence-electron chi connectivity index (χ1n) is 7.54. The third-order valence-corrected chi connectivity index (χ3v) is 3.71. The van der Waals surface area contributed by atoms with Crippen molar-refractivity contribution < 1.29 is 9.53 Å². The van der Waals surface area contributed by atoms with Crippen molar-refractivity contribution in [3.8, 4) is 0 Å². The minimum atomic E-state index is -0.315. The van der Waals surface area contributed by atoms with E-state index < -0.39 is 0 Å². The van der Waals surface area contributed by atoms with Crippen molar-refractivity contribution in [1.29, 1.82) is 0 Å². The lowest BCUT2D eigenvalue weighted by Gasteiger charge is -2.24. The van der Waals surface area contributed by atoms with E-state index in [1.807, 2.05) is 36.4 Å². The Morgan fingerprint density at radius 3 is 1.95 bits per heavy atom. The lowest BCUT2D eigenvalue weighted by molar-refractivity contribution is 0.103. The number of rotatable bonds is 6. The van der Waals surface area contributed by atoms with E-state index in [0.717, 1.165) is 19.6 Å². The molecule has 1 N–H and O–H groups in total. The quantitative estimate of drug-likeness (QED) is 0.891. The van der Waals surface area contributed by atoms with E-state index in [-0.39, 0.29) is 12.2 Å². The highest BCUT2D eigenvalue weighted by Crippen LogP contribution is 2.12. The van der Waals surface area contributed by atoms with Gasteiger partial charge < -0.3 is 10.1 Å². The van der Waals surface area contributed by atoms with Gasteiger partial charge in [-0.2, -0.15) is 0 Å². The number of nitrogens with one attached hydrogen (secondary N) is 1. The largest absolute Gasteiger partial charge is 0.443 e. The summed E-state index contributed by atoms with van der Waals surface area (Å²) in [5.74, 6) is 0. The maximum atomic E-state index is 11.2. The lowest BCUT2D eigenvalue weighted by Crippen LogP contribution is -2.33. The van der Waals surface area contributed by atoms with Gasteiger partial charge in [-0.15, -0.1) is 0 Å². The Labute approximate surface area is 130 Å². The zero-order valence-corrected chi connectivity index (χ0v) is 12.4. The average Bonchev–Trinajstić information content (AvgIpc) is 2.94. The van der Waals surface area contributed by atoms with Crippen LogP contribution in [0, 0.1) is 0 Å². The van der Waals surface area contributed by atoms with Crippen LogP contribution in [0.1, 0.15) is 11.1 Å². The number of hydrogen-bond donors (Lipinski definition) is 1. The first-order chi connectivity index (χ1) is 10.8. The summed E-state index contributed by atoms with van der Waals surface area (Å²) in [4.78, 5) is 13.5. The van der Waals surface area contributed by atoms with E-state index in [1.54, 1.807) is 0 Å². The van der Waals surface area contributed by atoms with E-state index >= 15 is 0 Å². The minimum absolute atomic E-state index is 0.0834. The molecule has 1 saturated heterocycles. The molecule has 0 aromatic heterocycles. The second-order valence-corrected chi connectivity index (χ2v) is 5.55. The van der Waals surface area contributed by atoms with Crippen LogP contribution in [0.4, 0.5) is 4.79 Å². The molecule has 0 aliphatic carbocycles. The van der Waals surface area contributed by atoms with Gasteiger partial charge in [-0.3, -0.25) is 4.90 Å². The lowest BCUT2D eigenvalue weighted by atomic mass is 10.1. The van der Waals surface area contributed by atoms with E-state index in [0.29, 0.717) is 6.54 Å². The average molecular weight is 296 g/mol. The number of nitrogens with zero attached hydrogens (tertiary/aromatic N) is 1. The molecule has 2 aromatic carbocycles. The highest BCUT2D eigenvalue weighted by molar-refractivity contribution is 5.69. The smallest absolute Gasteiger partial charge is 0.407 e. The zero-order valence-electron chi connectivity index (χ0n) is 12.4. The second kappa shape index (κ2) is 7.09. The number of ether oxygens (including phenoxy) is 1. The number of hydrogen-bond acceptors (Lipinski definition) is 3. The molecule has 1 aliphatic rings. The summed E-state index contributed by atoms with van der Waals surface area (Å²) >= 11 is 0. The fourth-order valence-corrected chi connectivity index (χ4v) is 2.69. The molecule has 22 heavy (non-hydrogen) atoms. The van der Waals surface area contributed by atoms with Gasteiger partial charge in [0.05, 0.1) is 6.54 Å². The van der Waals surface area contributed by atoms with Crippen LogP contribution in [0.2, 0.25) is 0 Å². The molecule has 1 fully saturated rings. The van der Waals surface area contributed by atoms with Crippen molar-refractivity contribution in [2.45, 2.75) is 19.2 Å². The van der Waals surface area contributed by atoms with Crippen LogP contribution in [0.25, 0.3) is 0 Å². The van der Waals surface area contributed by atoms with Crippen LogP contribution in [-0.4, -0.2) is 30.2 Å². The van der Waals surface area contributed by atoms with E-state index in [2.05, 4.69) is 34.5 Å². The van der Waals surface area contributed by atoms with Gasteiger partial charge in [0.1, 0.15) is 6.10 Å². The van der Waals surface area contributed by atoms with Crippen LogP contribution < -0.4 is 5.32 Å². The van der Waals surface area contributed by atoms with Crippen LogP contribution in [-0.2, 0) is 17.8 Å². The molecule has 1 heterocycles. The number of amides is 1. The Bertz CT molecular complexity index is 559. The van der Waals surface area contributed by atoms with Crippen molar-refractivity contribution in [1.82, 2.24) is 10.2 Å². The first-order valence-corrected chi connectivity index (χ1v) is 7.54. The maximum Gasteiger partial charge on any atom is 0.407 e. The molecular weight excluding hydrogens is 276 g/mol. The van der Waals surface area contributed by atoms with Gasteiger partial charge in [0.15, 0.2) is 0 Å². The Hall–Kier alpha value is -2.33. The van der Waals surface area contributed by atoms with E-state index in [9.17, 15) is 4.79 Å². The molecule has 0 saturated carbocycles. The van der Waals surface area contributed by atoms with Gasteiger partial charge in [-0.05, 0) is 11.1 Å².